The summed E-state index contributed by atoms with van der Waals surface area (Å²) in [7, 11) is 3.95. The molecule has 0 atom stereocenters. The second-order valence-electron chi connectivity index (χ2n) is 4.21. The van der Waals surface area contributed by atoms with Gasteiger partial charge in [-0.15, -0.1) is 0 Å². The topological polar surface area (TPSA) is 88.3 Å². The number of carbonyl (C=O) groups excluding carboxylic acids is 2. The van der Waals surface area contributed by atoms with Gasteiger partial charge in [0.05, 0.1) is 0 Å². The first-order chi connectivity index (χ1) is 8.50. The molecule has 98 valence electrons. The zero-order valence-corrected chi connectivity index (χ0v) is 10.6. The lowest BCUT2D eigenvalue weighted by Gasteiger charge is -2.10. The number of nitrogens with two attached hydrogens (primary N) is 1. The van der Waals surface area contributed by atoms with Gasteiger partial charge in [-0.2, -0.15) is 0 Å². The van der Waals surface area contributed by atoms with Crippen LogP contribution in [0.2, 0.25) is 0 Å². The molecule has 1 aromatic rings. The SMILES string of the molecule is CN(C)CCCNC(=O)c1ccnc(C(N)=O)c1. The van der Waals surface area contributed by atoms with Crippen LogP contribution < -0.4 is 11.1 Å². The molecule has 0 fully saturated rings. The molecule has 0 aliphatic rings. The minimum absolute atomic E-state index is 0.0935. The number of primary amides is 1. The van der Waals surface area contributed by atoms with Crippen molar-refractivity contribution in [1.29, 1.82) is 0 Å². The monoisotopic (exact) mass is 250 g/mol. The maximum absolute atomic E-state index is 11.8. The molecule has 0 saturated carbocycles. The second-order valence-corrected chi connectivity index (χ2v) is 4.21. The van der Waals surface area contributed by atoms with Crippen molar-refractivity contribution >= 4 is 11.8 Å². The largest absolute Gasteiger partial charge is 0.364 e. The van der Waals surface area contributed by atoms with E-state index in [1.165, 1.54) is 12.3 Å². The van der Waals surface area contributed by atoms with Crippen LogP contribution in [0, 0.1) is 0 Å². The molecule has 0 aliphatic carbocycles. The Morgan fingerprint density at radius 2 is 2.17 bits per heavy atom. The zero-order valence-electron chi connectivity index (χ0n) is 10.6. The average Bonchev–Trinajstić information content (AvgIpc) is 2.34. The lowest BCUT2D eigenvalue weighted by atomic mass is 10.2. The molecule has 1 heterocycles. The van der Waals surface area contributed by atoms with Crippen LogP contribution in [-0.2, 0) is 0 Å². The van der Waals surface area contributed by atoms with E-state index in [1.54, 1.807) is 6.07 Å². The molecule has 0 radical (unpaired) electrons. The van der Waals surface area contributed by atoms with Crippen molar-refractivity contribution in [3.63, 3.8) is 0 Å². The van der Waals surface area contributed by atoms with Crippen molar-refractivity contribution in [2.75, 3.05) is 27.2 Å². The summed E-state index contributed by atoms with van der Waals surface area (Å²) in [5, 5.41) is 2.77. The maximum Gasteiger partial charge on any atom is 0.267 e. The summed E-state index contributed by atoms with van der Waals surface area (Å²) in [6, 6.07) is 2.94. The molecule has 0 saturated heterocycles. The summed E-state index contributed by atoms with van der Waals surface area (Å²) in [5.41, 5.74) is 5.58. The van der Waals surface area contributed by atoms with Crippen LogP contribution >= 0.6 is 0 Å². The fraction of sp³-hybridized carbons (Fsp3) is 0.417. The third-order valence-corrected chi connectivity index (χ3v) is 2.34. The Kier molecular flexibility index (Phi) is 5.26. The molecule has 0 aromatic carbocycles. The maximum atomic E-state index is 11.8. The van der Waals surface area contributed by atoms with Gasteiger partial charge in [0.1, 0.15) is 5.69 Å². The van der Waals surface area contributed by atoms with Gasteiger partial charge in [0.2, 0.25) is 0 Å². The van der Waals surface area contributed by atoms with Crippen LogP contribution in [0.25, 0.3) is 0 Å². The van der Waals surface area contributed by atoms with E-state index < -0.39 is 5.91 Å². The van der Waals surface area contributed by atoms with Crippen LogP contribution in [0.5, 0.6) is 0 Å². The predicted molar refractivity (Wildman–Crippen MR) is 68.3 cm³/mol. The Bertz CT molecular complexity index is 432. The Morgan fingerprint density at radius 3 is 2.78 bits per heavy atom. The predicted octanol–water partition coefficient (Wildman–Crippen LogP) is -0.138. The minimum Gasteiger partial charge on any atom is -0.364 e. The van der Waals surface area contributed by atoms with E-state index in [-0.39, 0.29) is 11.6 Å². The van der Waals surface area contributed by atoms with E-state index in [4.69, 9.17) is 5.73 Å². The lowest BCUT2D eigenvalue weighted by molar-refractivity contribution is 0.0952. The number of rotatable bonds is 6. The quantitative estimate of drug-likeness (QED) is 0.688. The van der Waals surface area contributed by atoms with Crippen LogP contribution in [0.3, 0.4) is 0 Å². The molecule has 0 aliphatic heterocycles. The normalized spacial score (nSPS) is 10.4. The first-order valence-corrected chi connectivity index (χ1v) is 5.69. The van der Waals surface area contributed by atoms with Gasteiger partial charge in [-0.25, -0.2) is 0 Å². The molecule has 6 nitrogen and oxygen atoms in total. The standard InChI is InChI=1S/C12H18N4O2/c1-16(2)7-3-5-15-12(18)9-4-6-14-10(8-9)11(13)17/h4,6,8H,3,5,7H2,1-2H3,(H2,13,17)(H,15,18). The van der Waals surface area contributed by atoms with Crippen molar-refractivity contribution in [2.45, 2.75) is 6.42 Å². The van der Waals surface area contributed by atoms with E-state index in [1.807, 2.05) is 19.0 Å². The molecule has 18 heavy (non-hydrogen) atoms. The van der Waals surface area contributed by atoms with Crippen LogP contribution in [0.1, 0.15) is 27.3 Å². The van der Waals surface area contributed by atoms with E-state index in [2.05, 4.69) is 10.3 Å². The number of hydrogen-bond acceptors (Lipinski definition) is 4. The number of nitrogens with zero attached hydrogens (tertiary/aromatic N) is 2. The summed E-state index contributed by atoms with van der Waals surface area (Å²) in [5.74, 6) is -0.865. The smallest absolute Gasteiger partial charge is 0.267 e. The first kappa shape index (κ1) is 14.1. The summed E-state index contributed by atoms with van der Waals surface area (Å²) in [4.78, 5) is 28.5. The summed E-state index contributed by atoms with van der Waals surface area (Å²) in [6.45, 7) is 1.49. The highest BCUT2D eigenvalue weighted by molar-refractivity contribution is 5.97. The van der Waals surface area contributed by atoms with Crippen molar-refractivity contribution < 1.29 is 9.59 Å². The number of hydrogen-bond donors (Lipinski definition) is 2. The van der Waals surface area contributed by atoms with Gasteiger partial charge in [-0.1, -0.05) is 0 Å². The van der Waals surface area contributed by atoms with Crippen LogP contribution in [0.15, 0.2) is 18.3 Å². The lowest BCUT2D eigenvalue weighted by Crippen LogP contribution is -2.27. The van der Waals surface area contributed by atoms with Gasteiger partial charge in [-0.3, -0.25) is 14.6 Å². The minimum atomic E-state index is -0.641. The number of nitrogens with one attached hydrogen (secondary N) is 1. The Hall–Kier alpha value is -1.95. The van der Waals surface area contributed by atoms with E-state index >= 15 is 0 Å². The van der Waals surface area contributed by atoms with E-state index in [0.29, 0.717) is 12.1 Å². The molecule has 6 heteroatoms. The number of pyridine rings is 1. The van der Waals surface area contributed by atoms with Crippen LogP contribution in [-0.4, -0.2) is 48.9 Å². The van der Waals surface area contributed by atoms with Crippen molar-refractivity contribution in [2.24, 2.45) is 5.73 Å². The second kappa shape index (κ2) is 6.70. The number of amides is 2. The van der Waals surface area contributed by atoms with Gasteiger partial charge in [-0.05, 0) is 39.2 Å². The Labute approximate surface area is 106 Å². The third-order valence-electron chi connectivity index (χ3n) is 2.34. The van der Waals surface area contributed by atoms with Gasteiger partial charge in [0.15, 0.2) is 0 Å². The Balaban J connectivity index is 2.51. The van der Waals surface area contributed by atoms with Crippen molar-refractivity contribution in [3.05, 3.63) is 29.6 Å². The summed E-state index contributed by atoms with van der Waals surface area (Å²) >= 11 is 0. The highest BCUT2D eigenvalue weighted by atomic mass is 16.2. The fourth-order valence-electron chi connectivity index (χ4n) is 1.41. The fourth-order valence-corrected chi connectivity index (χ4v) is 1.41. The average molecular weight is 250 g/mol. The summed E-state index contributed by atoms with van der Waals surface area (Å²) < 4.78 is 0. The highest BCUT2D eigenvalue weighted by Gasteiger charge is 2.08. The molecule has 1 rings (SSSR count). The van der Waals surface area contributed by atoms with Gasteiger partial charge < -0.3 is 16.0 Å². The van der Waals surface area contributed by atoms with Gasteiger partial charge in [0.25, 0.3) is 11.8 Å². The van der Waals surface area contributed by atoms with E-state index in [0.717, 1.165) is 13.0 Å². The third kappa shape index (κ3) is 4.50. The molecular weight excluding hydrogens is 232 g/mol. The van der Waals surface area contributed by atoms with Crippen molar-refractivity contribution in [3.8, 4) is 0 Å². The first-order valence-electron chi connectivity index (χ1n) is 5.69. The molecular formula is C12H18N4O2. The molecule has 0 bridgehead atoms. The van der Waals surface area contributed by atoms with Crippen molar-refractivity contribution in [1.82, 2.24) is 15.2 Å². The molecule has 0 unspecified atom stereocenters. The summed E-state index contributed by atoms with van der Waals surface area (Å²) in [6.07, 6.45) is 2.27. The molecule has 3 N–H and O–H groups in total. The molecule has 0 spiro atoms. The van der Waals surface area contributed by atoms with Gasteiger partial charge >= 0.3 is 0 Å². The van der Waals surface area contributed by atoms with Crippen LogP contribution in [0.4, 0.5) is 0 Å². The zero-order chi connectivity index (χ0) is 13.5. The molecule has 1 aromatic heterocycles. The Morgan fingerprint density at radius 1 is 1.44 bits per heavy atom. The van der Waals surface area contributed by atoms with E-state index in [9.17, 15) is 9.59 Å². The highest BCUT2D eigenvalue weighted by Crippen LogP contribution is 2.01. The van der Waals surface area contributed by atoms with Gasteiger partial charge in [0, 0.05) is 18.3 Å². The number of aromatic nitrogens is 1. The molecule has 2 amide bonds. The number of carbonyl (C=O) groups is 2.